The van der Waals surface area contributed by atoms with E-state index in [2.05, 4.69) is 19.1 Å². The van der Waals surface area contributed by atoms with Crippen molar-refractivity contribution in [3.8, 4) is 0 Å². The van der Waals surface area contributed by atoms with Gasteiger partial charge in [0.2, 0.25) is 0 Å². The van der Waals surface area contributed by atoms with Crippen LogP contribution in [0.3, 0.4) is 0 Å². The van der Waals surface area contributed by atoms with E-state index in [1.54, 1.807) is 6.26 Å². The van der Waals surface area contributed by atoms with Gasteiger partial charge >= 0.3 is 0 Å². The monoisotopic (exact) mass is 264 g/mol. The van der Waals surface area contributed by atoms with E-state index in [0.717, 1.165) is 23.8 Å². The molecule has 3 rings (SSSR count). The molecule has 1 aromatic heterocycles. The van der Waals surface area contributed by atoms with Crippen molar-refractivity contribution in [1.29, 1.82) is 0 Å². The number of benzene rings is 2. The molecule has 0 fully saturated rings. The molecule has 0 amide bonds. The fraction of sp³-hybridized carbons (Fsp3) is 0.167. The first-order chi connectivity index (χ1) is 9.79. The minimum absolute atomic E-state index is 0.0120. The summed E-state index contributed by atoms with van der Waals surface area (Å²) in [7, 11) is 0. The number of hydrogen-bond acceptors (Lipinski definition) is 2. The highest BCUT2D eigenvalue weighted by molar-refractivity contribution is 6.15. The second-order valence-corrected chi connectivity index (χ2v) is 4.93. The van der Waals surface area contributed by atoms with Gasteiger partial charge in [0.05, 0.1) is 5.56 Å². The van der Waals surface area contributed by atoms with Crippen LogP contribution in [0.2, 0.25) is 0 Å². The Kier molecular flexibility index (Phi) is 3.38. The van der Waals surface area contributed by atoms with Gasteiger partial charge in [-0.3, -0.25) is 4.79 Å². The zero-order valence-corrected chi connectivity index (χ0v) is 11.4. The van der Waals surface area contributed by atoms with Crippen LogP contribution in [0, 0.1) is 0 Å². The van der Waals surface area contributed by atoms with Gasteiger partial charge in [-0.25, -0.2) is 0 Å². The van der Waals surface area contributed by atoms with Crippen LogP contribution < -0.4 is 0 Å². The first-order valence-corrected chi connectivity index (χ1v) is 6.89. The van der Waals surface area contributed by atoms with E-state index in [9.17, 15) is 4.79 Å². The van der Waals surface area contributed by atoms with E-state index in [0.29, 0.717) is 11.1 Å². The third-order valence-corrected chi connectivity index (χ3v) is 3.46. The molecule has 1 heterocycles. The quantitative estimate of drug-likeness (QED) is 0.644. The predicted octanol–water partition coefficient (Wildman–Crippen LogP) is 4.62. The van der Waals surface area contributed by atoms with Gasteiger partial charge in [0.25, 0.3) is 0 Å². The summed E-state index contributed by atoms with van der Waals surface area (Å²) in [5, 5.41) is 0.907. The molecule has 0 saturated heterocycles. The van der Waals surface area contributed by atoms with Crippen molar-refractivity contribution in [2.24, 2.45) is 0 Å². The fourth-order valence-corrected chi connectivity index (χ4v) is 2.44. The van der Waals surface area contributed by atoms with Gasteiger partial charge in [-0.05, 0) is 24.1 Å². The SMILES string of the molecule is CCCc1ccc2occ(C(=O)c3ccccc3)c2c1. The Morgan fingerprint density at radius 2 is 1.90 bits per heavy atom. The fourth-order valence-electron chi connectivity index (χ4n) is 2.44. The molecule has 0 aliphatic rings. The summed E-state index contributed by atoms with van der Waals surface area (Å²) in [6.07, 6.45) is 3.67. The van der Waals surface area contributed by atoms with Crippen LogP contribution in [0.5, 0.6) is 0 Å². The minimum atomic E-state index is 0.0120. The second-order valence-electron chi connectivity index (χ2n) is 4.93. The van der Waals surface area contributed by atoms with E-state index in [1.165, 1.54) is 5.56 Å². The number of fused-ring (bicyclic) bond motifs is 1. The number of rotatable bonds is 4. The van der Waals surface area contributed by atoms with E-state index in [1.807, 2.05) is 36.4 Å². The van der Waals surface area contributed by atoms with Crippen molar-refractivity contribution in [2.45, 2.75) is 19.8 Å². The molecule has 2 heteroatoms. The van der Waals surface area contributed by atoms with Crippen LogP contribution in [0.4, 0.5) is 0 Å². The molecule has 0 saturated carbocycles. The van der Waals surface area contributed by atoms with Gasteiger partial charge in [-0.1, -0.05) is 49.7 Å². The van der Waals surface area contributed by atoms with Crippen LogP contribution in [0.15, 0.2) is 59.2 Å². The summed E-state index contributed by atoms with van der Waals surface area (Å²) in [6.45, 7) is 2.15. The Labute approximate surface area is 118 Å². The first kappa shape index (κ1) is 12.7. The summed E-state index contributed by atoms with van der Waals surface area (Å²) >= 11 is 0. The molecule has 0 aliphatic heterocycles. The van der Waals surface area contributed by atoms with E-state index in [-0.39, 0.29) is 5.78 Å². The zero-order chi connectivity index (χ0) is 13.9. The lowest BCUT2D eigenvalue weighted by molar-refractivity contribution is 0.103. The zero-order valence-electron chi connectivity index (χ0n) is 11.4. The molecule has 0 spiro atoms. The number of ketones is 1. The third kappa shape index (κ3) is 2.25. The molecule has 0 N–H and O–H groups in total. The molecular formula is C18H16O2. The third-order valence-electron chi connectivity index (χ3n) is 3.46. The Bertz CT molecular complexity index is 738. The highest BCUT2D eigenvalue weighted by Gasteiger charge is 2.15. The van der Waals surface area contributed by atoms with E-state index >= 15 is 0 Å². The summed E-state index contributed by atoms with van der Waals surface area (Å²) < 4.78 is 5.50. The predicted molar refractivity (Wildman–Crippen MR) is 80.1 cm³/mol. The maximum atomic E-state index is 12.5. The number of hydrogen-bond donors (Lipinski definition) is 0. The van der Waals surface area contributed by atoms with E-state index < -0.39 is 0 Å². The maximum absolute atomic E-state index is 12.5. The number of aryl methyl sites for hydroxylation is 1. The molecule has 2 aromatic carbocycles. The van der Waals surface area contributed by atoms with Crippen molar-refractivity contribution in [1.82, 2.24) is 0 Å². The van der Waals surface area contributed by atoms with Gasteiger partial charge in [0, 0.05) is 10.9 Å². The van der Waals surface area contributed by atoms with Gasteiger partial charge in [-0.15, -0.1) is 0 Å². The highest BCUT2D eigenvalue weighted by atomic mass is 16.3. The van der Waals surface area contributed by atoms with Crippen LogP contribution in [-0.2, 0) is 6.42 Å². The van der Waals surface area contributed by atoms with Crippen molar-refractivity contribution in [3.63, 3.8) is 0 Å². The standard InChI is InChI=1S/C18H16O2/c1-2-6-13-9-10-17-15(11-13)16(12-20-17)18(19)14-7-4-3-5-8-14/h3-5,7-12H,2,6H2,1H3. The lowest BCUT2D eigenvalue weighted by atomic mass is 10.0. The Morgan fingerprint density at radius 3 is 2.65 bits per heavy atom. The normalized spacial score (nSPS) is 10.8. The average Bonchev–Trinajstić information content (AvgIpc) is 2.91. The maximum Gasteiger partial charge on any atom is 0.196 e. The highest BCUT2D eigenvalue weighted by Crippen LogP contribution is 2.25. The number of carbonyl (C=O) groups is 1. The van der Waals surface area contributed by atoms with Crippen LogP contribution >= 0.6 is 0 Å². The lowest BCUT2D eigenvalue weighted by Gasteiger charge is -2.01. The summed E-state index contributed by atoms with van der Waals surface area (Å²) in [4.78, 5) is 12.5. The Hall–Kier alpha value is -2.35. The molecule has 20 heavy (non-hydrogen) atoms. The van der Waals surface area contributed by atoms with Crippen molar-refractivity contribution < 1.29 is 9.21 Å². The summed E-state index contributed by atoms with van der Waals surface area (Å²) in [5.41, 5.74) is 3.34. The van der Waals surface area contributed by atoms with Gasteiger partial charge in [-0.2, -0.15) is 0 Å². The minimum Gasteiger partial charge on any atom is -0.464 e. The molecular weight excluding hydrogens is 248 g/mol. The van der Waals surface area contributed by atoms with Gasteiger partial charge in [0.1, 0.15) is 11.8 Å². The molecule has 0 radical (unpaired) electrons. The summed E-state index contributed by atoms with van der Waals surface area (Å²) in [6, 6.07) is 15.4. The smallest absolute Gasteiger partial charge is 0.196 e. The van der Waals surface area contributed by atoms with E-state index in [4.69, 9.17) is 4.42 Å². The largest absolute Gasteiger partial charge is 0.464 e. The molecule has 0 bridgehead atoms. The molecule has 100 valence electrons. The topological polar surface area (TPSA) is 30.2 Å². The summed E-state index contributed by atoms with van der Waals surface area (Å²) in [5.74, 6) is 0.0120. The van der Waals surface area contributed by atoms with Crippen LogP contribution in [0.25, 0.3) is 11.0 Å². The first-order valence-electron chi connectivity index (χ1n) is 6.89. The number of carbonyl (C=O) groups excluding carboxylic acids is 1. The molecule has 3 aromatic rings. The van der Waals surface area contributed by atoms with Crippen molar-refractivity contribution >= 4 is 16.8 Å². The van der Waals surface area contributed by atoms with Crippen LogP contribution in [-0.4, -0.2) is 5.78 Å². The van der Waals surface area contributed by atoms with Gasteiger partial charge < -0.3 is 4.42 Å². The average molecular weight is 264 g/mol. The molecule has 0 unspecified atom stereocenters. The molecule has 0 aliphatic carbocycles. The van der Waals surface area contributed by atoms with Crippen LogP contribution in [0.1, 0.15) is 34.8 Å². The Morgan fingerprint density at radius 1 is 1.10 bits per heavy atom. The van der Waals surface area contributed by atoms with Gasteiger partial charge in [0.15, 0.2) is 5.78 Å². The van der Waals surface area contributed by atoms with Crippen molar-refractivity contribution in [2.75, 3.05) is 0 Å². The Balaban J connectivity index is 2.07. The van der Waals surface area contributed by atoms with Crippen molar-refractivity contribution in [3.05, 3.63) is 71.5 Å². The number of furan rings is 1. The second kappa shape index (κ2) is 5.33. The molecule has 2 nitrogen and oxygen atoms in total. The lowest BCUT2D eigenvalue weighted by Crippen LogP contribution is -1.99. The molecule has 0 atom stereocenters.